The molecule has 3 rings (SSSR count). The number of carboxylic acids is 2. The fourth-order valence-corrected chi connectivity index (χ4v) is 7.88. The quantitative estimate of drug-likeness (QED) is 0.0354. The molecular weight excluding hydrogens is 1030 g/mol. The van der Waals surface area contributed by atoms with Gasteiger partial charge in [0, 0.05) is 31.4 Å². The standard InChI is InChI=1S/C44H68N14O19/c1-19(50-37(69)26(15-59)54-38(70)27(16-60)53-35(67)24(45)12-32(64)65)34(66)52-25(11-23-13-46-18-48-23)36(68)47-14-31(63)49-20(2)42(74)57-9-5-8-30(57)41(73)55-28(17-61)39(71)56-33(22(4)62)43(75)58-10-6-7-29(58)40(72)51-21(3)44(76)77/h13,18-22,24-30,33,59-62H,5-12,14-17,45H2,1-4H3,(H,46,48)(H,47,68)(H,49,63)(H,50,69)(H,51,72)(H,52,66)(H,53,67)(H,54,70)(H,55,73)(H,56,71)(H,64,65)(H,76,77)/t19-,20-,21-,22+,24-,25-,26-,27-,28-,29-,30-,33-/m0/s1. The molecule has 0 radical (unpaired) electrons. The number of aliphatic hydroxyl groups is 4. The van der Waals surface area contributed by atoms with Crippen molar-refractivity contribution in [2.75, 3.05) is 39.5 Å². The van der Waals surface area contributed by atoms with E-state index in [0.29, 0.717) is 18.5 Å². The Labute approximate surface area is 438 Å². The number of amides is 11. The first-order valence-corrected chi connectivity index (χ1v) is 24.2. The van der Waals surface area contributed by atoms with Gasteiger partial charge in [0.25, 0.3) is 0 Å². The highest BCUT2D eigenvalue weighted by Gasteiger charge is 2.42. The molecule has 18 N–H and O–H groups in total. The largest absolute Gasteiger partial charge is 0.481 e. The van der Waals surface area contributed by atoms with E-state index in [2.05, 4.69) is 52.5 Å². The maximum absolute atomic E-state index is 13.6. The fourth-order valence-electron chi connectivity index (χ4n) is 7.88. The monoisotopic (exact) mass is 1100 g/mol. The molecule has 2 aliphatic rings. The highest BCUT2D eigenvalue weighted by atomic mass is 16.4. The molecule has 0 unspecified atom stereocenters. The number of carbonyl (C=O) groups excluding carboxylic acids is 11. The molecule has 2 fully saturated rings. The third-order valence-electron chi connectivity index (χ3n) is 12.2. The van der Waals surface area contributed by atoms with Crippen molar-refractivity contribution in [3.05, 3.63) is 18.2 Å². The molecule has 1 aromatic rings. The van der Waals surface area contributed by atoms with E-state index in [4.69, 9.17) is 10.8 Å². The van der Waals surface area contributed by atoms with Crippen molar-refractivity contribution in [2.24, 2.45) is 5.73 Å². The van der Waals surface area contributed by atoms with Crippen molar-refractivity contribution in [1.82, 2.24) is 67.6 Å². The summed E-state index contributed by atoms with van der Waals surface area (Å²) in [4.78, 5) is 176. The summed E-state index contributed by atoms with van der Waals surface area (Å²) < 4.78 is 0. The number of imidazole rings is 1. The Balaban J connectivity index is 1.58. The second-order valence-electron chi connectivity index (χ2n) is 18.2. The van der Waals surface area contributed by atoms with Crippen LogP contribution in [0.2, 0.25) is 0 Å². The minimum atomic E-state index is -1.76. The van der Waals surface area contributed by atoms with Gasteiger partial charge in [-0.05, 0) is 53.4 Å². The number of hydrogen-bond acceptors (Lipinski definition) is 19. The number of aliphatic carboxylic acids is 2. The van der Waals surface area contributed by atoms with Gasteiger partial charge in [-0.3, -0.25) is 62.3 Å². The normalized spacial score (nSPS) is 18.9. The van der Waals surface area contributed by atoms with Crippen molar-refractivity contribution < 1.29 is 93.0 Å². The first-order chi connectivity index (χ1) is 36.2. The van der Waals surface area contributed by atoms with Crippen molar-refractivity contribution in [3.63, 3.8) is 0 Å². The Kier molecular flexibility index (Phi) is 24.7. The third kappa shape index (κ3) is 18.7. The maximum Gasteiger partial charge on any atom is 0.325 e. The van der Waals surface area contributed by atoms with Crippen LogP contribution in [0.4, 0.5) is 0 Å². The summed E-state index contributed by atoms with van der Waals surface area (Å²) in [6, 6.07) is -16.3. The van der Waals surface area contributed by atoms with Crippen LogP contribution in [-0.4, -0.2) is 239 Å². The van der Waals surface area contributed by atoms with Crippen LogP contribution >= 0.6 is 0 Å². The zero-order chi connectivity index (χ0) is 57.8. The third-order valence-corrected chi connectivity index (χ3v) is 12.2. The van der Waals surface area contributed by atoms with Crippen LogP contribution in [0, 0.1) is 0 Å². The first-order valence-electron chi connectivity index (χ1n) is 24.2. The molecule has 2 saturated heterocycles. The lowest BCUT2D eigenvalue weighted by atomic mass is 10.1. The Morgan fingerprint density at radius 1 is 0.623 bits per heavy atom. The average Bonchev–Trinajstić information content (AvgIpc) is 4.20. The molecule has 0 saturated carbocycles. The van der Waals surface area contributed by atoms with Crippen LogP contribution in [0.1, 0.15) is 65.5 Å². The number of aliphatic hydroxyl groups excluding tert-OH is 4. The van der Waals surface area contributed by atoms with Gasteiger partial charge < -0.3 is 99.0 Å². The summed E-state index contributed by atoms with van der Waals surface area (Å²) in [6.07, 6.45) is 0.932. The summed E-state index contributed by atoms with van der Waals surface area (Å²) in [5, 5.41) is 78.5. The summed E-state index contributed by atoms with van der Waals surface area (Å²) in [6.45, 7) is 1.13. The van der Waals surface area contributed by atoms with Crippen molar-refractivity contribution in [3.8, 4) is 0 Å². The van der Waals surface area contributed by atoms with Gasteiger partial charge >= 0.3 is 11.9 Å². The summed E-state index contributed by atoms with van der Waals surface area (Å²) in [5.74, 6) is -13.4. The summed E-state index contributed by atoms with van der Waals surface area (Å²) in [7, 11) is 0. The van der Waals surface area contributed by atoms with Crippen molar-refractivity contribution in [2.45, 2.75) is 139 Å². The molecule has 0 spiro atoms. The lowest BCUT2D eigenvalue weighted by Crippen LogP contribution is -2.61. The predicted octanol–water partition coefficient (Wildman–Crippen LogP) is -9.77. The summed E-state index contributed by atoms with van der Waals surface area (Å²) >= 11 is 0. The van der Waals surface area contributed by atoms with Crippen LogP contribution in [0.25, 0.3) is 0 Å². The van der Waals surface area contributed by atoms with E-state index in [1.54, 1.807) is 0 Å². The van der Waals surface area contributed by atoms with Crippen LogP contribution in [-0.2, 0) is 68.7 Å². The van der Waals surface area contributed by atoms with E-state index in [9.17, 15) is 87.9 Å². The zero-order valence-corrected chi connectivity index (χ0v) is 42.5. The molecule has 0 aliphatic carbocycles. The van der Waals surface area contributed by atoms with E-state index >= 15 is 0 Å². The minimum absolute atomic E-state index is 0.0262. The summed E-state index contributed by atoms with van der Waals surface area (Å²) in [5.41, 5.74) is 5.80. The lowest BCUT2D eigenvalue weighted by Gasteiger charge is -2.31. The molecule has 11 amide bonds. The van der Waals surface area contributed by atoms with Crippen LogP contribution in [0.15, 0.2) is 12.5 Å². The minimum Gasteiger partial charge on any atom is -0.481 e. The van der Waals surface area contributed by atoms with Crippen molar-refractivity contribution >= 4 is 76.9 Å². The van der Waals surface area contributed by atoms with E-state index in [1.807, 2.05) is 5.32 Å². The Morgan fingerprint density at radius 2 is 1.13 bits per heavy atom. The van der Waals surface area contributed by atoms with Gasteiger partial charge in [-0.25, -0.2) is 4.98 Å². The number of aromatic amines is 1. The Bertz CT molecular complexity index is 2320. The molecule has 33 nitrogen and oxygen atoms in total. The number of carboxylic acid groups (broad SMARTS) is 2. The number of H-pyrrole nitrogens is 1. The van der Waals surface area contributed by atoms with Crippen LogP contribution in [0.5, 0.6) is 0 Å². The number of aromatic nitrogens is 2. The Hall–Kier alpha value is -7.88. The zero-order valence-electron chi connectivity index (χ0n) is 42.5. The van der Waals surface area contributed by atoms with Gasteiger partial charge in [-0.1, -0.05) is 0 Å². The second kappa shape index (κ2) is 30.0. The molecule has 1 aromatic heterocycles. The molecule has 77 heavy (non-hydrogen) atoms. The first kappa shape index (κ1) is 63.4. The number of likely N-dealkylation sites (tertiary alicyclic amines) is 2. The molecule has 0 bridgehead atoms. The van der Waals surface area contributed by atoms with E-state index in [-0.39, 0.29) is 32.4 Å². The average molecular weight is 1100 g/mol. The van der Waals surface area contributed by atoms with Crippen LogP contribution < -0.4 is 53.6 Å². The molecule has 428 valence electrons. The molecular formula is C44H68N14O19. The number of carbonyl (C=O) groups is 13. The topological polar surface area (TPSA) is 513 Å². The van der Waals surface area contributed by atoms with Gasteiger partial charge in [-0.2, -0.15) is 0 Å². The maximum atomic E-state index is 13.6. The van der Waals surface area contributed by atoms with E-state index < -0.39 is 182 Å². The number of nitrogens with two attached hydrogens (primary N) is 1. The highest BCUT2D eigenvalue weighted by Crippen LogP contribution is 2.21. The molecule has 33 heteroatoms. The number of rotatable bonds is 29. The molecule has 12 atom stereocenters. The smallest absolute Gasteiger partial charge is 0.325 e. The van der Waals surface area contributed by atoms with Gasteiger partial charge in [-0.15, -0.1) is 0 Å². The predicted molar refractivity (Wildman–Crippen MR) is 258 cm³/mol. The molecule has 2 aliphatic heterocycles. The Morgan fingerprint density at radius 3 is 1.65 bits per heavy atom. The van der Waals surface area contributed by atoms with Gasteiger partial charge in [0.2, 0.25) is 65.0 Å². The van der Waals surface area contributed by atoms with E-state index in [1.165, 1.54) is 40.2 Å². The SMILES string of the molecule is C[C@H](NC(=O)[C@@H]1CCCN1C(=O)[C@@H](NC(=O)[C@H](CO)NC(=O)[C@@H]1CCCN1C(=O)[C@H](C)NC(=O)CNC(=O)[C@H](Cc1cnc[nH]1)NC(=O)[C@H](C)NC(=O)[C@H](CO)NC(=O)[C@H](CO)NC(=O)[C@@H](N)CC(=O)O)[C@@H](C)O)C(=O)O. The number of hydrogen-bond donors (Lipinski definition) is 17. The lowest BCUT2D eigenvalue weighted by molar-refractivity contribution is -0.146. The molecule has 3 heterocycles. The van der Waals surface area contributed by atoms with Gasteiger partial charge in [0.05, 0.1) is 51.3 Å². The second-order valence-corrected chi connectivity index (χ2v) is 18.2. The highest BCUT2D eigenvalue weighted by molar-refractivity contribution is 5.99. The van der Waals surface area contributed by atoms with E-state index in [0.717, 1.165) is 9.80 Å². The van der Waals surface area contributed by atoms with Gasteiger partial charge in [0.15, 0.2) is 0 Å². The van der Waals surface area contributed by atoms with Crippen LogP contribution in [0.3, 0.4) is 0 Å². The number of nitrogens with zero attached hydrogens (tertiary/aromatic N) is 3. The van der Waals surface area contributed by atoms with Crippen molar-refractivity contribution in [1.29, 1.82) is 0 Å². The molecule has 0 aromatic carbocycles. The van der Waals surface area contributed by atoms with Gasteiger partial charge in [0.1, 0.15) is 60.4 Å². The number of nitrogens with one attached hydrogen (secondary N) is 10. The fraction of sp³-hybridized carbons (Fsp3) is 0.636.